The zero-order valence-electron chi connectivity index (χ0n) is 8.18. The Hall–Kier alpha value is -0.0600. The van der Waals surface area contributed by atoms with Crippen LogP contribution in [0.25, 0.3) is 0 Å². The number of halogens is 1. The topological polar surface area (TPSA) is 17.8 Å². The van der Waals surface area contributed by atoms with Gasteiger partial charge in [0.2, 0.25) is 0 Å². The van der Waals surface area contributed by atoms with Crippen molar-refractivity contribution >= 4 is 22.6 Å². The summed E-state index contributed by atoms with van der Waals surface area (Å²) < 4.78 is 3.49. The Kier molecular flexibility index (Phi) is 2.62. The van der Waals surface area contributed by atoms with Crippen molar-refractivity contribution in [3.05, 3.63) is 15.0 Å². The van der Waals surface area contributed by atoms with Crippen molar-refractivity contribution in [2.75, 3.05) is 0 Å². The van der Waals surface area contributed by atoms with Gasteiger partial charge in [-0.25, -0.2) is 0 Å². The fraction of sp³-hybridized carbons (Fsp3) is 0.700. The Morgan fingerprint density at radius 1 is 1.46 bits per heavy atom. The Morgan fingerprint density at radius 2 is 2.15 bits per heavy atom. The zero-order valence-corrected chi connectivity index (χ0v) is 10.3. The third-order valence-corrected chi connectivity index (χ3v) is 4.30. The second-order valence-electron chi connectivity index (χ2n) is 3.94. The van der Waals surface area contributed by atoms with E-state index >= 15 is 0 Å². The molecule has 1 aliphatic carbocycles. The first kappa shape index (κ1) is 9.49. The van der Waals surface area contributed by atoms with Gasteiger partial charge in [0, 0.05) is 12.2 Å². The number of hydrogen-bond acceptors (Lipinski definition) is 1. The van der Waals surface area contributed by atoms with Crippen molar-refractivity contribution in [1.29, 1.82) is 0 Å². The SMILES string of the molecule is Cc1nn(CCC2CC2)c(C)c1I. The van der Waals surface area contributed by atoms with Crippen LogP contribution >= 0.6 is 22.6 Å². The maximum atomic E-state index is 4.52. The predicted molar refractivity (Wildman–Crippen MR) is 61.8 cm³/mol. The highest BCUT2D eigenvalue weighted by Gasteiger charge is 2.21. The monoisotopic (exact) mass is 290 g/mol. The van der Waals surface area contributed by atoms with E-state index in [0.29, 0.717) is 0 Å². The Balaban J connectivity index is 2.05. The number of aryl methyl sites for hydroxylation is 2. The molecular weight excluding hydrogens is 275 g/mol. The molecule has 0 spiro atoms. The molecule has 0 N–H and O–H groups in total. The highest BCUT2D eigenvalue weighted by atomic mass is 127. The fourth-order valence-corrected chi connectivity index (χ4v) is 1.99. The second-order valence-corrected chi connectivity index (χ2v) is 5.02. The molecule has 2 nitrogen and oxygen atoms in total. The van der Waals surface area contributed by atoms with Gasteiger partial charge in [0.15, 0.2) is 0 Å². The summed E-state index contributed by atoms with van der Waals surface area (Å²) in [6.45, 7) is 5.36. The molecule has 72 valence electrons. The highest BCUT2D eigenvalue weighted by molar-refractivity contribution is 14.1. The van der Waals surface area contributed by atoms with Crippen LogP contribution < -0.4 is 0 Å². The summed E-state index contributed by atoms with van der Waals surface area (Å²) >= 11 is 2.38. The molecule has 1 heterocycles. The van der Waals surface area contributed by atoms with Crippen LogP contribution in [0.1, 0.15) is 30.7 Å². The molecular formula is C10H15IN2. The lowest BCUT2D eigenvalue weighted by atomic mass is 10.3. The first-order chi connectivity index (χ1) is 6.18. The quantitative estimate of drug-likeness (QED) is 0.783. The fourth-order valence-electron chi connectivity index (χ4n) is 1.60. The smallest absolute Gasteiger partial charge is 0.0729 e. The summed E-state index contributed by atoms with van der Waals surface area (Å²) in [5.41, 5.74) is 2.51. The molecule has 3 heteroatoms. The first-order valence-corrected chi connectivity index (χ1v) is 5.96. The van der Waals surface area contributed by atoms with Crippen LogP contribution in [0.3, 0.4) is 0 Å². The minimum atomic E-state index is 1.00. The summed E-state index contributed by atoms with van der Waals surface area (Å²) in [6.07, 6.45) is 4.20. The molecule has 1 aliphatic rings. The van der Waals surface area contributed by atoms with Crippen LogP contribution in [0.15, 0.2) is 0 Å². The Morgan fingerprint density at radius 3 is 2.62 bits per heavy atom. The summed E-state index contributed by atoms with van der Waals surface area (Å²) in [5, 5.41) is 4.52. The zero-order chi connectivity index (χ0) is 9.42. The van der Waals surface area contributed by atoms with E-state index in [2.05, 4.69) is 46.2 Å². The third-order valence-electron chi connectivity index (χ3n) is 2.74. The molecule has 1 fully saturated rings. The van der Waals surface area contributed by atoms with Crippen molar-refractivity contribution < 1.29 is 0 Å². The average molecular weight is 290 g/mol. The van der Waals surface area contributed by atoms with Crippen LogP contribution in [0.2, 0.25) is 0 Å². The highest BCUT2D eigenvalue weighted by Crippen LogP contribution is 2.33. The van der Waals surface area contributed by atoms with Crippen molar-refractivity contribution in [3.63, 3.8) is 0 Å². The van der Waals surface area contributed by atoms with Crippen LogP contribution in [-0.4, -0.2) is 9.78 Å². The van der Waals surface area contributed by atoms with E-state index in [9.17, 15) is 0 Å². The van der Waals surface area contributed by atoms with Crippen LogP contribution in [0, 0.1) is 23.3 Å². The minimum Gasteiger partial charge on any atom is -0.269 e. The molecule has 0 aromatic carbocycles. The number of hydrogen-bond donors (Lipinski definition) is 0. The van der Waals surface area contributed by atoms with Gasteiger partial charge in [0.1, 0.15) is 0 Å². The van der Waals surface area contributed by atoms with Gasteiger partial charge in [-0.2, -0.15) is 5.10 Å². The number of aromatic nitrogens is 2. The maximum absolute atomic E-state index is 4.52. The van der Waals surface area contributed by atoms with Gasteiger partial charge in [-0.05, 0) is 48.8 Å². The minimum absolute atomic E-state index is 1.00. The van der Waals surface area contributed by atoms with Gasteiger partial charge in [-0.15, -0.1) is 0 Å². The maximum Gasteiger partial charge on any atom is 0.0729 e. The lowest BCUT2D eigenvalue weighted by molar-refractivity contribution is 0.533. The molecule has 0 atom stereocenters. The van der Waals surface area contributed by atoms with Gasteiger partial charge < -0.3 is 0 Å². The molecule has 0 bridgehead atoms. The van der Waals surface area contributed by atoms with E-state index in [-0.39, 0.29) is 0 Å². The molecule has 0 saturated heterocycles. The molecule has 0 radical (unpaired) electrons. The predicted octanol–water partition coefficient (Wildman–Crippen LogP) is 2.90. The normalized spacial score (nSPS) is 16.5. The summed E-state index contributed by atoms with van der Waals surface area (Å²) in [6, 6.07) is 0. The van der Waals surface area contributed by atoms with Crippen LogP contribution in [0.4, 0.5) is 0 Å². The van der Waals surface area contributed by atoms with Gasteiger partial charge in [-0.3, -0.25) is 4.68 Å². The third kappa shape index (κ3) is 2.06. The first-order valence-electron chi connectivity index (χ1n) is 4.88. The average Bonchev–Trinajstić information content (AvgIpc) is 2.89. The lowest BCUT2D eigenvalue weighted by Gasteiger charge is -2.02. The van der Waals surface area contributed by atoms with E-state index in [4.69, 9.17) is 0 Å². The Bertz CT molecular complexity index is 313. The molecule has 2 rings (SSSR count). The lowest BCUT2D eigenvalue weighted by Crippen LogP contribution is -2.03. The standard InChI is InChI=1S/C10H15IN2/c1-7-10(11)8(2)13(12-7)6-5-9-3-4-9/h9H,3-6H2,1-2H3. The summed E-state index contributed by atoms with van der Waals surface area (Å²) in [5.74, 6) is 1.00. The van der Waals surface area contributed by atoms with Gasteiger partial charge in [0.25, 0.3) is 0 Å². The second kappa shape index (κ2) is 3.59. The largest absolute Gasteiger partial charge is 0.269 e. The summed E-state index contributed by atoms with van der Waals surface area (Å²) in [7, 11) is 0. The van der Waals surface area contributed by atoms with Gasteiger partial charge in [-0.1, -0.05) is 12.8 Å². The molecule has 13 heavy (non-hydrogen) atoms. The Labute approximate surface area is 92.8 Å². The number of rotatable bonds is 3. The van der Waals surface area contributed by atoms with E-state index in [1.165, 1.54) is 34.2 Å². The molecule has 0 aliphatic heterocycles. The van der Waals surface area contributed by atoms with E-state index in [0.717, 1.165) is 12.5 Å². The van der Waals surface area contributed by atoms with Crippen molar-refractivity contribution in [2.24, 2.45) is 5.92 Å². The van der Waals surface area contributed by atoms with Crippen molar-refractivity contribution in [2.45, 2.75) is 39.7 Å². The van der Waals surface area contributed by atoms with E-state index in [1.54, 1.807) is 0 Å². The summed E-state index contributed by atoms with van der Waals surface area (Å²) in [4.78, 5) is 0. The number of nitrogens with zero attached hydrogens (tertiary/aromatic N) is 2. The van der Waals surface area contributed by atoms with E-state index in [1.807, 2.05) is 0 Å². The van der Waals surface area contributed by atoms with E-state index < -0.39 is 0 Å². The molecule has 0 unspecified atom stereocenters. The molecule has 1 aromatic rings. The van der Waals surface area contributed by atoms with Crippen LogP contribution in [-0.2, 0) is 6.54 Å². The molecule has 0 amide bonds. The van der Waals surface area contributed by atoms with Crippen molar-refractivity contribution in [3.8, 4) is 0 Å². The van der Waals surface area contributed by atoms with Gasteiger partial charge >= 0.3 is 0 Å². The molecule has 1 saturated carbocycles. The van der Waals surface area contributed by atoms with Crippen molar-refractivity contribution in [1.82, 2.24) is 9.78 Å². The van der Waals surface area contributed by atoms with Crippen LogP contribution in [0.5, 0.6) is 0 Å². The molecule has 1 aromatic heterocycles. The van der Waals surface area contributed by atoms with Gasteiger partial charge in [0.05, 0.1) is 9.26 Å².